The molecule has 0 unspecified atom stereocenters. The molecule has 1 aliphatic rings. The average molecular weight is 296 g/mol. The molecule has 0 radical (unpaired) electrons. The van der Waals surface area contributed by atoms with Crippen molar-refractivity contribution in [2.45, 2.75) is 38.3 Å². The zero-order chi connectivity index (χ0) is 14.4. The van der Waals surface area contributed by atoms with Crippen LogP contribution < -0.4 is 5.32 Å². The van der Waals surface area contributed by atoms with Crippen molar-refractivity contribution in [3.05, 3.63) is 22.4 Å². The molecule has 110 valence electrons. The molecule has 2 rings (SSSR count). The largest absolute Gasteiger partial charge is 0.480 e. The summed E-state index contributed by atoms with van der Waals surface area (Å²) in [4.78, 5) is 26.0. The second-order valence-corrected chi connectivity index (χ2v) is 6.02. The van der Waals surface area contributed by atoms with E-state index in [2.05, 4.69) is 5.32 Å². The highest BCUT2D eigenvalue weighted by Crippen LogP contribution is 2.17. The van der Waals surface area contributed by atoms with Crippen molar-refractivity contribution in [3.63, 3.8) is 0 Å². The average Bonchev–Trinajstić information content (AvgIpc) is 2.96. The number of carbonyl (C=O) groups is 2. The first-order valence-corrected chi connectivity index (χ1v) is 7.80. The number of likely N-dealkylation sites (tertiary alicyclic amines) is 1. The van der Waals surface area contributed by atoms with Gasteiger partial charge in [0.05, 0.1) is 6.54 Å². The van der Waals surface area contributed by atoms with Crippen molar-refractivity contribution in [2.75, 3.05) is 13.1 Å². The number of carboxylic acid groups (broad SMARTS) is 1. The molecule has 0 aliphatic carbocycles. The van der Waals surface area contributed by atoms with Crippen LogP contribution >= 0.6 is 11.3 Å². The molecule has 20 heavy (non-hydrogen) atoms. The fraction of sp³-hybridized carbons (Fsp3) is 0.571. The van der Waals surface area contributed by atoms with Crippen molar-refractivity contribution in [1.29, 1.82) is 0 Å². The van der Waals surface area contributed by atoms with Crippen LogP contribution in [-0.4, -0.2) is 41.0 Å². The molecule has 2 N–H and O–H groups in total. The van der Waals surface area contributed by atoms with E-state index >= 15 is 0 Å². The molecule has 2 heterocycles. The van der Waals surface area contributed by atoms with E-state index in [-0.39, 0.29) is 5.91 Å². The summed E-state index contributed by atoms with van der Waals surface area (Å²) in [5.41, 5.74) is 0. The number of nitrogens with one attached hydrogen (secondary N) is 1. The van der Waals surface area contributed by atoms with Gasteiger partial charge in [-0.2, -0.15) is 0 Å². The summed E-state index contributed by atoms with van der Waals surface area (Å²) < 4.78 is 0. The zero-order valence-corrected chi connectivity index (χ0v) is 12.2. The molecule has 1 atom stereocenters. The number of hydrogen-bond donors (Lipinski definition) is 2. The first-order valence-electron chi connectivity index (χ1n) is 6.93. The highest BCUT2D eigenvalue weighted by Gasteiger charge is 2.28. The first-order chi connectivity index (χ1) is 9.66. The Kier molecular flexibility index (Phi) is 5.55. The first kappa shape index (κ1) is 15.0. The molecule has 0 spiro atoms. The zero-order valence-electron chi connectivity index (χ0n) is 11.4. The van der Waals surface area contributed by atoms with Gasteiger partial charge in [-0.05, 0) is 30.8 Å². The molecule has 6 heteroatoms. The normalized spacial score (nSPS) is 19.7. The smallest absolute Gasteiger partial charge is 0.320 e. The van der Waals surface area contributed by atoms with Gasteiger partial charge >= 0.3 is 5.97 Å². The molecule has 1 amide bonds. The van der Waals surface area contributed by atoms with E-state index in [1.165, 1.54) is 0 Å². The summed E-state index contributed by atoms with van der Waals surface area (Å²) >= 11 is 1.61. The van der Waals surface area contributed by atoms with Crippen LogP contribution in [0.15, 0.2) is 17.5 Å². The minimum Gasteiger partial charge on any atom is -0.480 e. The van der Waals surface area contributed by atoms with Crippen molar-refractivity contribution in [1.82, 2.24) is 10.2 Å². The molecule has 1 fully saturated rings. The summed E-state index contributed by atoms with van der Waals surface area (Å²) in [5.74, 6) is -0.795. The van der Waals surface area contributed by atoms with Gasteiger partial charge in [-0.1, -0.05) is 12.5 Å². The van der Waals surface area contributed by atoms with Crippen LogP contribution in [0.2, 0.25) is 0 Å². The van der Waals surface area contributed by atoms with E-state index in [1.54, 1.807) is 11.3 Å². The van der Waals surface area contributed by atoms with Gasteiger partial charge in [-0.25, -0.2) is 0 Å². The molecular formula is C14H20N2O3S. The van der Waals surface area contributed by atoms with Gasteiger partial charge in [-0.15, -0.1) is 11.3 Å². The molecule has 1 aromatic rings. The monoisotopic (exact) mass is 296 g/mol. The molecule has 1 aliphatic heterocycles. The fourth-order valence-electron chi connectivity index (χ4n) is 2.47. The van der Waals surface area contributed by atoms with E-state index in [4.69, 9.17) is 5.11 Å². The lowest BCUT2D eigenvalue weighted by atomic mass is 10.0. The van der Waals surface area contributed by atoms with Crippen LogP contribution in [0, 0.1) is 0 Å². The predicted octanol–water partition coefficient (Wildman–Crippen LogP) is 1.69. The lowest BCUT2D eigenvalue weighted by molar-refractivity contribution is -0.145. The maximum Gasteiger partial charge on any atom is 0.320 e. The number of carboxylic acids is 1. The van der Waals surface area contributed by atoms with Gasteiger partial charge in [-0.3, -0.25) is 14.5 Å². The lowest BCUT2D eigenvalue weighted by Crippen LogP contribution is -2.45. The Morgan fingerprint density at radius 3 is 3.00 bits per heavy atom. The Morgan fingerprint density at radius 1 is 1.45 bits per heavy atom. The Morgan fingerprint density at radius 2 is 2.30 bits per heavy atom. The number of piperidine rings is 1. The van der Waals surface area contributed by atoms with Crippen LogP contribution in [0.3, 0.4) is 0 Å². The topological polar surface area (TPSA) is 69.6 Å². The van der Waals surface area contributed by atoms with E-state index in [1.807, 2.05) is 22.4 Å². The van der Waals surface area contributed by atoms with E-state index in [0.29, 0.717) is 25.9 Å². The summed E-state index contributed by atoms with van der Waals surface area (Å²) in [5, 5.41) is 14.0. The minimum atomic E-state index is -0.774. The van der Waals surface area contributed by atoms with Gasteiger partial charge in [0, 0.05) is 17.8 Å². The SMILES string of the molecule is O=C(CCN1CCCC[C@@H]1C(=O)O)NCc1cccs1. The molecular weight excluding hydrogens is 276 g/mol. The van der Waals surface area contributed by atoms with Crippen LogP contribution in [0.5, 0.6) is 0 Å². The summed E-state index contributed by atoms with van der Waals surface area (Å²) in [6, 6.07) is 3.52. The Bertz CT molecular complexity index is 447. The quantitative estimate of drug-likeness (QED) is 0.838. The van der Waals surface area contributed by atoms with Crippen molar-refractivity contribution < 1.29 is 14.7 Å². The maximum absolute atomic E-state index is 11.8. The molecule has 0 saturated carbocycles. The van der Waals surface area contributed by atoms with E-state index < -0.39 is 12.0 Å². The van der Waals surface area contributed by atoms with Crippen LogP contribution in [0.25, 0.3) is 0 Å². The summed E-state index contributed by atoms with van der Waals surface area (Å²) in [6.45, 7) is 1.85. The minimum absolute atomic E-state index is 0.0203. The number of amides is 1. The number of carbonyl (C=O) groups excluding carboxylic acids is 1. The lowest BCUT2D eigenvalue weighted by Gasteiger charge is -2.32. The number of aliphatic carboxylic acids is 1. The highest BCUT2D eigenvalue weighted by atomic mass is 32.1. The third kappa shape index (κ3) is 4.31. The highest BCUT2D eigenvalue weighted by molar-refractivity contribution is 7.09. The van der Waals surface area contributed by atoms with Gasteiger partial charge in [0.2, 0.25) is 5.91 Å². The van der Waals surface area contributed by atoms with Crippen molar-refractivity contribution in [3.8, 4) is 0 Å². The molecule has 1 saturated heterocycles. The molecule has 0 aromatic carbocycles. The van der Waals surface area contributed by atoms with E-state index in [0.717, 1.165) is 24.3 Å². The fourth-order valence-corrected chi connectivity index (χ4v) is 3.12. The Hall–Kier alpha value is -1.40. The number of rotatable bonds is 6. The number of nitrogens with zero attached hydrogens (tertiary/aromatic N) is 1. The molecule has 1 aromatic heterocycles. The van der Waals surface area contributed by atoms with E-state index in [9.17, 15) is 9.59 Å². The summed E-state index contributed by atoms with van der Waals surface area (Å²) in [6.07, 6.45) is 3.01. The van der Waals surface area contributed by atoms with Crippen LogP contribution in [-0.2, 0) is 16.1 Å². The summed E-state index contributed by atoms with van der Waals surface area (Å²) in [7, 11) is 0. The number of thiophene rings is 1. The standard InChI is InChI=1S/C14H20N2O3S/c17-13(15-10-11-4-3-9-20-11)6-8-16-7-2-1-5-12(16)14(18)19/h3-4,9,12H,1-2,5-8,10H2,(H,15,17)(H,18,19)/t12-/m1/s1. The predicted molar refractivity (Wildman–Crippen MR) is 77.6 cm³/mol. The van der Waals surface area contributed by atoms with Gasteiger partial charge < -0.3 is 10.4 Å². The van der Waals surface area contributed by atoms with Crippen molar-refractivity contribution >= 4 is 23.2 Å². The van der Waals surface area contributed by atoms with Crippen molar-refractivity contribution in [2.24, 2.45) is 0 Å². The molecule has 0 bridgehead atoms. The van der Waals surface area contributed by atoms with Gasteiger partial charge in [0.25, 0.3) is 0 Å². The maximum atomic E-state index is 11.8. The van der Waals surface area contributed by atoms with Crippen LogP contribution in [0.1, 0.15) is 30.6 Å². The van der Waals surface area contributed by atoms with Gasteiger partial charge in [0.15, 0.2) is 0 Å². The Balaban J connectivity index is 1.72. The third-order valence-electron chi connectivity index (χ3n) is 3.56. The molecule has 5 nitrogen and oxygen atoms in total. The second-order valence-electron chi connectivity index (χ2n) is 4.99. The second kappa shape index (κ2) is 7.40. The number of hydrogen-bond acceptors (Lipinski definition) is 4. The third-order valence-corrected chi connectivity index (χ3v) is 4.44. The van der Waals surface area contributed by atoms with Gasteiger partial charge in [0.1, 0.15) is 6.04 Å². The Labute approximate surface area is 122 Å². The van der Waals surface area contributed by atoms with Crippen LogP contribution in [0.4, 0.5) is 0 Å².